The van der Waals surface area contributed by atoms with E-state index in [9.17, 15) is 9.59 Å². The normalized spacial score (nSPS) is 14.4. The molecule has 1 fully saturated rings. The molecular weight excluding hydrogens is 234 g/mol. The monoisotopic (exact) mass is 255 g/mol. The molecule has 0 aromatic carbocycles. The minimum atomic E-state index is -1.23. The van der Waals surface area contributed by atoms with E-state index in [2.05, 4.69) is 4.74 Å². The van der Waals surface area contributed by atoms with Crippen LogP contribution in [0.25, 0.3) is 0 Å². The van der Waals surface area contributed by atoms with Crippen LogP contribution in [0.2, 0.25) is 0 Å². The van der Waals surface area contributed by atoms with Crippen LogP contribution in [0.5, 0.6) is 0 Å². The molecule has 18 heavy (non-hydrogen) atoms. The summed E-state index contributed by atoms with van der Waals surface area (Å²) in [6.07, 6.45) is 9.94. The van der Waals surface area contributed by atoms with Gasteiger partial charge in [0.1, 0.15) is 13.0 Å². The van der Waals surface area contributed by atoms with Crippen molar-refractivity contribution in [3.8, 4) is 6.07 Å². The fraction of sp³-hybridized carbons (Fsp3) is 0.769. The van der Waals surface area contributed by atoms with Crippen LogP contribution >= 0.6 is 0 Å². The van der Waals surface area contributed by atoms with Gasteiger partial charge in [0, 0.05) is 0 Å². The quantitative estimate of drug-likeness (QED) is 0.361. The van der Waals surface area contributed by atoms with Gasteiger partial charge in [-0.05, 0) is 0 Å². The third kappa shape index (κ3) is 12.5. The minimum absolute atomic E-state index is 0.0391. The molecule has 1 aliphatic carbocycles. The number of carboxylic acid groups (broad SMARTS) is 1. The van der Waals surface area contributed by atoms with Crippen LogP contribution in [0.15, 0.2) is 0 Å². The topological polar surface area (TPSA) is 87.4 Å². The number of carboxylic acids is 1. The molecule has 5 heteroatoms. The Morgan fingerprint density at radius 3 is 1.83 bits per heavy atom. The highest BCUT2D eigenvalue weighted by molar-refractivity contribution is 5.90. The van der Waals surface area contributed by atoms with Crippen LogP contribution < -0.4 is 0 Å². The van der Waals surface area contributed by atoms with Crippen molar-refractivity contribution >= 4 is 11.9 Å². The molecular formula is C13H21NO4. The average molecular weight is 255 g/mol. The van der Waals surface area contributed by atoms with E-state index in [0.717, 1.165) is 0 Å². The van der Waals surface area contributed by atoms with E-state index in [0.29, 0.717) is 0 Å². The van der Waals surface area contributed by atoms with Crippen molar-refractivity contribution in [3.63, 3.8) is 0 Å². The van der Waals surface area contributed by atoms with Crippen molar-refractivity contribution in [2.75, 3.05) is 6.61 Å². The van der Waals surface area contributed by atoms with Gasteiger partial charge in [-0.25, -0.2) is 0 Å². The van der Waals surface area contributed by atoms with Gasteiger partial charge in [-0.15, -0.1) is 0 Å². The zero-order valence-corrected chi connectivity index (χ0v) is 10.7. The Hall–Kier alpha value is -1.57. The highest BCUT2D eigenvalue weighted by Crippen LogP contribution is 2.15. The lowest BCUT2D eigenvalue weighted by molar-refractivity contribution is -0.151. The number of carbonyl (C=O) groups excluding carboxylic acids is 1. The largest absolute Gasteiger partial charge is 0.481 e. The van der Waals surface area contributed by atoms with Crippen molar-refractivity contribution in [1.82, 2.24) is 0 Å². The number of esters is 1. The molecule has 1 N–H and O–H groups in total. The Kier molecular flexibility index (Phi) is 10.9. The van der Waals surface area contributed by atoms with Crippen LogP contribution in [0.1, 0.15) is 57.8 Å². The summed E-state index contributed by atoms with van der Waals surface area (Å²) in [6.45, 7) is -0.0391. The highest BCUT2D eigenvalue weighted by Gasteiger charge is 2.07. The molecule has 0 atom stereocenters. The second kappa shape index (κ2) is 11.9. The molecule has 1 rings (SSSR count). The Morgan fingerprint density at radius 2 is 1.50 bits per heavy atom. The number of rotatable bonds is 4. The molecule has 0 radical (unpaired) electrons. The minimum Gasteiger partial charge on any atom is -0.481 e. The average Bonchev–Trinajstić information content (AvgIpc) is 2.61. The standard InChI is InChI=1S/C7H14.C6H7NO4/c1-2-4-6-7-5-3-1;7-2-1-3-11-6(10)4-5(8)9/h1-7H2;1,3-4H2,(H,8,9). The second-order valence-corrected chi connectivity index (χ2v) is 4.17. The number of hydrogen-bond acceptors (Lipinski definition) is 4. The number of nitriles is 1. The zero-order valence-electron chi connectivity index (χ0n) is 10.7. The van der Waals surface area contributed by atoms with Gasteiger partial charge in [-0.2, -0.15) is 5.26 Å². The van der Waals surface area contributed by atoms with E-state index in [1.54, 1.807) is 6.07 Å². The lowest BCUT2D eigenvalue weighted by atomic mass is 10.2. The molecule has 1 saturated carbocycles. The summed E-state index contributed by atoms with van der Waals surface area (Å²) in [6, 6.07) is 1.75. The van der Waals surface area contributed by atoms with Crippen molar-refractivity contribution in [3.05, 3.63) is 0 Å². The third-order valence-electron chi connectivity index (χ3n) is 2.52. The molecule has 0 aromatic rings. The van der Waals surface area contributed by atoms with Crippen molar-refractivity contribution in [2.45, 2.75) is 57.8 Å². The van der Waals surface area contributed by atoms with Gasteiger partial charge in [-0.3, -0.25) is 9.59 Å². The Balaban J connectivity index is 0.000000351. The summed E-state index contributed by atoms with van der Waals surface area (Å²) in [5.41, 5.74) is 0. The van der Waals surface area contributed by atoms with Crippen molar-refractivity contribution in [1.29, 1.82) is 5.26 Å². The molecule has 1 aliphatic rings. The van der Waals surface area contributed by atoms with E-state index in [1.807, 2.05) is 0 Å². The zero-order chi connectivity index (χ0) is 13.6. The number of hydrogen-bond donors (Lipinski definition) is 1. The van der Waals surface area contributed by atoms with Gasteiger partial charge in [0.2, 0.25) is 0 Å². The van der Waals surface area contributed by atoms with E-state index in [1.165, 1.54) is 44.9 Å². The Labute approximate surface area is 108 Å². The summed E-state index contributed by atoms with van der Waals surface area (Å²) in [7, 11) is 0. The highest BCUT2D eigenvalue weighted by atomic mass is 16.5. The number of nitrogens with zero attached hydrogens (tertiary/aromatic N) is 1. The summed E-state index contributed by atoms with van der Waals surface area (Å²) < 4.78 is 4.35. The summed E-state index contributed by atoms with van der Waals surface area (Å²) >= 11 is 0. The third-order valence-corrected chi connectivity index (χ3v) is 2.52. The molecule has 0 amide bonds. The van der Waals surface area contributed by atoms with Gasteiger partial charge >= 0.3 is 11.9 Å². The predicted octanol–water partition coefficient (Wildman–Crippen LogP) is 2.65. The van der Waals surface area contributed by atoms with E-state index in [-0.39, 0.29) is 13.0 Å². The summed E-state index contributed by atoms with van der Waals surface area (Å²) in [4.78, 5) is 20.3. The lowest BCUT2D eigenvalue weighted by Crippen LogP contribution is -2.10. The molecule has 0 saturated heterocycles. The number of ether oxygens (including phenoxy) is 1. The summed E-state index contributed by atoms with van der Waals surface area (Å²) in [5.74, 6) is -2.04. The first-order valence-electron chi connectivity index (χ1n) is 6.41. The molecule has 5 nitrogen and oxygen atoms in total. The van der Waals surface area contributed by atoms with Gasteiger partial charge < -0.3 is 9.84 Å². The van der Waals surface area contributed by atoms with Crippen molar-refractivity contribution in [2.24, 2.45) is 0 Å². The van der Waals surface area contributed by atoms with Gasteiger partial charge in [0.05, 0.1) is 12.5 Å². The van der Waals surface area contributed by atoms with Gasteiger partial charge in [-0.1, -0.05) is 44.9 Å². The summed E-state index contributed by atoms with van der Waals surface area (Å²) in [5, 5.41) is 16.1. The predicted molar refractivity (Wildman–Crippen MR) is 65.8 cm³/mol. The fourth-order valence-corrected chi connectivity index (χ4v) is 1.62. The van der Waals surface area contributed by atoms with E-state index >= 15 is 0 Å². The van der Waals surface area contributed by atoms with Crippen molar-refractivity contribution < 1.29 is 19.4 Å². The smallest absolute Gasteiger partial charge is 0.317 e. The number of aliphatic carboxylic acids is 1. The van der Waals surface area contributed by atoms with E-state index in [4.69, 9.17) is 10.4 Å². The maximum absolute atomic E-state index is 10.4. The van der Waals surface area contributed by atoms with Gasteiger partial charge in [0.25, 0.3) is 0 Å². The van der Waals surface area contributed by atoms with Crippen LogP contribution in [0, 0.1) is 11.3 Å². The maximum Gasteiger partial charge on any atom is 0.317 e. The lowest BCUT2D eigenvalue weighted by Gasteiger charge is -1.97. The van der Waals surface area contributed by atoms with Gasteiger partial charge in [0.15, 0.2) is 0 Å². The molecule has 0 aliphatic heterocycles. The first-order chi connectivity index (χ1) is 8.66. The Morgan fingerprint density at radius 1 is 1.06 bits per heavy atom. The molecule has 0 aromatic heterocycles. The second-order valence-electron chi connectivity index (χ2n) is 4.17. The number of carbonyl (C=O) groups is 2. The first kappa shape index (κ1) is 16.4. The fourth-order valence-electron chi connectivity index (χ4n) is 1.62. The van der Waals surface area contributed by atoms with E-state index < -0.39 is 18.4 Å². The molecule has 0 bridgehead atoms. The molecule has 0 heterocycles. The molecule has 102 valence electrons. The molecule has 0 unspecified atom stereocenters. The van der Waals surface area contributed by atoms with Crippen LogP contribution in [0.4, 0.5) is 0 Å². The Bertz CT molecular complexity index is 264. The van der Waals surface area contributed by atoms with Crippen LogP contribution in [0.3, 0.4) is 0 Å². The first-order valence-corrected chi connectivity index (χ1v) is 6.41. The van der Waals surface area contributed by atoms with Crippen LogP contribution in [-0.2, 0) is 14.3 Å². The SMILES string of the molecule is C1CCCCCC1.N#CCCOC(=O)CC(=O)O. The molecule has 0 spiro atoms. The maximum atomic E-state index is 10.4. The van der Waals surface area contributed by atoms with Crippen LogP contribution in [-0.4, -0.2) is 23.7 Å².